The topological polar surface area (TPSA) is 38.3 Å². The summed E-state index contributed by atoms with van der Waals surface area (Å²) in [6.45, 7) is 3.78. The van der Waals surface area contributed by atoms with Crippen molar-refractivity contribution in [2.75, 3.05) is 13.1 Å². The summed E-state index contributed by atoms with van der Waals surface area (Å²) in [6.07, 6.45) is 1.95. The fourth-order valence-electron chi connectivity index (χ4n) is 3.15. The molecule has 0 saturated carbocycles. The fourth-order valence-corrected chi connectivity index (χ4v) is 3.15. The van der Waals surface area contributed by atoms with E-state index in [2.05, 4.69) is 17.4 Å². The smallest absolute Gasteiger partial charge is 0.311 e. The summed E-state index contributed by atoms with van der Waals surface area (Å²) in [5, 5.41) is 3.35. The van der Waals surface area contributed by atoms with Crippen molar-refractivity contribution < 1.29 is 9.53 Å². The monoisotopic (exact) mass is 309 g/mol. The van der Waals surface area contributed by atoms with Crippen molar-refractivity contribution in [3.63, 3.8) is 0 Å². The summed E-state index contributed by atoms with van der Waals surface area (Å²) in [7, 11) is 0. The predicted molar refractivity (Wildman–Crippen MR) is 91.2 cm³/mol. The van der Waals surface area contributed by atoms with E-state index >= 15 is 0 Å². The Bertz CT molecular complexity index is 643. The molecule has 0 amide bonds. The molecular weight excluding hydrogens is 286 g/mol. The van der Waals surface area contributed by atoms with Gasteiger partial charge in [-0.3, -0.25) is 4.79 Å². The molecule has 3 rings (SSSR count). The average Bonchev–Trinajstić information content (AvgIpc) is 2.58. The van der Waals surface area contributed by atoms with Crippen LogP contribution >= 0.6 is 0 Å². The first-order valence-electron chi connectivity index (χ1n) is 8.22. The quantitative estimate of drug-likeness (QED) is 0.880. The maximum Gasteiger partial charge on any atom is 0.311 e. The van der Waals surface area contributed by atoms with Gasteiger partial charge >= 0.3 is 5.97 Å². The number of hydrogen-bond donors (Lipinski definition) is 1. The van der Waals surface area contributed by atoms with Gasteiger partial charge in [-0.15, -0.1) is 0 Å². The molecule has 0 spiro atoms. The lowest BCUT2D eigenvalue weighted by Gasteiger charge is -2.37. The number of ether oxygens (including phenoxy) is 1. The highest BCUT2D eigenvalue weighted by molar-refractivity contribution is 5.73. The molecule has 0 unspecified atom stereocenters. The molecule has 2 aromatic carbocycles. The van der Waals surface area contributed by atoms with Gasteiger partial charge in [0.2, 0.25) is 0 Å². The number of aryl methyl sites for hydroxylation is 1. The van der Waals surface area contributed by atoms with Crippen molar-refractivity contribution in [1.29, 1.82) is 0 Å². The number of piperidine rings is 1. The zero-order valence-electron chi connectivity index (χ0n) is 13.5. The van der Waals surface area contributed by atoms with Gasteiger partial charge in [-0.2, -0.15) is 0 Å². The highest BCUT2D eigenvalue weighted by Gasteiger charge is 2.37. The molecule has 1 aliphatic heterocycles. The number of rotatable bonds is 4. The van der Waals surface area contributed by atoms with E-state index in [9.17, 15) is 4.79 Å². The van der Waals surface area contributed by atoms with Gasteiger partial charge in [0.25, 0.3) is 0 Å². The summed E-state index contributed by atoms with van der Waals surface area (Å²) in [5.74, 6) is -0.153. The first kappa shape index (κ1) is 15.8. The number of nitrogens with one attached hydrogen (secondary N) is 1. The minimum absolute atomic E-state index is 0.153. The van der Waals surface area contributed by atoms with E-state index in [1.165, 1.54) is 5.56 Å². The number of carbonyl (C=O) groups excluding carboxylic acids is 1. The Morgan fingerprint density at radius 3 is 2.35 bits per heavy atom. The van der Waals surface area contributed by atoms with E-state index in [1.807, 2.05) is 49.4 Å². The van der Waals surface area contributed by atoms with E-state index in [4.69, 9.17) is 4.74 Å². The third kappa shape index (κ3) is 3.80. The first-order valence-corrected chi connectivity index (χ1v) is 8.22. The van der Waals surface area contributed by atoms with Crippen molar-refractivity contribution in [2.24, 2.45) is 0 Å². The largest absolute Gasteiger partial charge is 0.454 e. The molecule has 1 heterocycles. The van der Waals surface area contributed by atoms with E-state index in [1.54, 1.807) is 0 Å². The van der Waals surface area contributed by atoms with Gasteiger partial charge in [0.1, 0.15) is 5.60 Å². The number of benzene rings is 2. The maximum absolute atomic E-state index is 12.5. The number of hydrogen-bond acceptors (Lipinski definition) is 3. The summed E-state index contributed by atoms with van der Waals surface area (Å²) in [5.41, 5.74) is 2.80. The number of carbonyl (C=O) groups is 1. The van der Waals surface area contributed by atoms with E-state index in [0.29, 0.717) is 6.42 Å². The molecule has 1 saturated heterocycles. The third-order valence-electron chi connectivity index (χ3n) is 4.49. The lowest BCUT2D eigenvalue weighted by molar-refractivity contribution is -0.163. The molecule has 0 aromatic heterocycles. The maximum atomic E-state index is 12.5. The molecule has 2 aromatic rings. The third-order valence-corrected chi connectivity index (χ3v) is 4.49. The van der Waals surface area contributed by atoms with Gasteiger partial charge in [0, 0.05) is 12.8 Å². The summed E-state index contributed by atoms with van der Waals surface area (Å²) >= 11 is 0. The van der Waals surface area contributed by atoms with Crippen molar-refractivity contribution in [3.05, 3.63) is 71.3 Å². The Balaban J connectivity index is 1.76. The van der Waals surface area contributed by atoms with E-state index < -0.39 is 5.60 Å². The predicted octanol–water partition coefficient (Wildman–Crippen LogP) is 3.36. The molecule has 1 aliphatic rings. The molecule has 0 aliphatic carbocycles. The number of esters is 1. The standard InChI is InChI=1S/C20H23NO2/c1-16-7-9-17(10-8-16)15-19(22)23-20(11-13-21-14-12-20)18-5-3-2-4-6-18/h2-10,21H,11-15H2,1H3. The lowest BCUT2D eigenvalue weighted by atomic mass is 9.84. The van der Waals surface area contributed by atoms with Gasteiger partial charge in [0.15, 0.2) is 0 Å². The Labute approximate surface area is 137 Å². The molecule has 0 atom stereocenters. The second-order valence-electron chi connectivity index (χ2n) is 6.25. The van der Waals surface area contributed by atoms with Crippen LogP contribution in [0.25, 0.3) is 0 Å². The summed E-state index contributed by atoms with van der Waals surface area (Å²) < 4.78 is 6.02. The van der Waals surface area contributed by atoms with Crippen molar-refractivity contribution >= 4 is 5.97 Å². The van der Waals surface area contributed by atoms with Crippen LogP contribution in [0.5, 0.6) is 0 Å². The highest BCUT2D eigenvalue weighted by Crippen LogP contribution is 2.35. The molecule has 1 fully saturated rings. The summed E-state index contributed by atoms with van der Waals surface area (Å²) in [6, 6.07) is 18.2. The van der Waals surface area contributed by atoms with Crippen LogP contribution < -0.4 is 5.32 Å². The molecule has 0 bridgehead atoms. The Morgan fingerprint density at radius 2 is 1.70 bits per heavy atom. The van der Waals surface area contributed by atoms with Crippen LogP contribution in [0.2, 0.25) is 0 Å². The van der Waals surface area contributed by atoms with Gasteiger partial charge in [-0.25, -0.2) is 0 Å². The Hall–Kier alpha value is -2.13. The van der Waals surface area contributed by atoms with Crippen LogP contribution in [0.3, 0.4) is 0 Å². The van der Waals surface area contributed by atoms with Crippen molar-refractivity contribution in [2.45, 2.75) is 31.8 Å². The van der Waals surface area contributed by atoms with Gasteiger partial charge in [0.05, 0.1) is 6.42 Å². The second-order valence-corrected chi connectivity index (χ2v) is 6.25. The highest BCUT2D eigenvalue weighted by atomic mass is 16.6. The minimum Gasteiger partial charge on any atom is -0.454 e. The zero-order valence-corrected chi connectivity index (χ0v) is 13.5. The zero-order chi connectivity index (χ0) is 16.1. The summed E-state index contributed by atoms with van der Waals surface area (Å²) in [4.78, 5) is 12.5. The van der Waals surface area contributed by atoms with Crippen molar-refractivity contribution in [3.8, 4) is 0 Å². The van der Waals surface area contributed by atoms with Crippen LogP contribution in [0.15, 0.2) is 54.6 Å². The normalized spacial score (nSPS) is 16.7. The minimum atomic E-state index is -0.492. The van der Waals surface area contributed by atoms with Crippen LogP contribution in [0.1, 0.15) is 29.5 Å². The molecular formula is C20H23NO2. The molecule has 23 heavy (non-hydrogen) atoms. The second kappa shape index (κ2) is 6.97. The van der Waals surface area contributed by atoms with E-state index in [-0.39, 0.29) is 5.97 Å². The molecule has 1 N–H and O–H groups in total. The van der Waals surface area contributed by atoms with Gasteiger partial charge in [-0.1, -0.05) is 60.2 Å². The average molecular weight is 309 g/mol. The SMILES string of the molecule is Cc1ccc(CC(=O)OC2(c3ccccc3)CCNCC2)cc1. The molecule has 0 radical (unpaired) electrons. The molecule has 120 valence electrons. The van der Waals surface area contributed by atoms with Crippen LogP contribution in [0.4, 0.5) is 0 Å². The lowest BCUT2D eigenvalue weighted by Crippen LogP contribution is -2.43. The van der Waals surface area contributed by atoms with Crippen LogP contribution in [-0.4, -0.2) is 19.1 Å². The van der Waals surface area contributed by atoms with Crippen LogP contribution in [0, 0.1) is 6.92 Å². The Kier molecular flexibility index (Phi) is 4.77. The fraction of sp³-hybridized carbons (Fsp3) is 0.350. The Morgan fingerprint density at radius 1 is 1.04 bits per heavy atom. The van der Waals surface area contributed by atoms with Gasteiger partial charge in [-0.05, 0) is 31.1 Å². The van der Waals surface area contributed by atoms with Crippen LogP contribution in [-0.2, 0) is 21.6 Å². The van der Waals surface area contributed by atoms with Crippen molar-refractivity contribution in [1.82, 2.24) is 5.32 Å². The van der Waals surface area contributed by atoms with Gasteiger partial charge < -0.3 is 10.1 Å². The van der Waals surface area contributed by atoms with E-state index in [0.717, 1.165) is 37.1 Å². The molecule has 3 nitrogen and oxygen atoms in total. The first-order chi connectivity index (χ1) is 11.2. The molecule has 3 heteroatoms.